The standard InChI is InChI=1S/C14H26N2OS/c1-13(2)10-16(7-3-6-15)11-14(12-18)4-8-17-9-5-14/h13,18H,3-5,7-12H2,1-2H3. The summed E-state index contributed by atoms with van der Waals surface area (Å²) >= 11 is 4.56. The first kappa shape index (κ1) is 15.8. The van der Waals surface area contributed by atoms with E-state index in [1.54, 1.807) is 0 Å². The zero-order chi connectivity index (χ0) is 13.4. The van der Waals surface area contributed by atoms with E-state index in [0.29, 0.717) is 12.3 Å². The number of ether oxygens (including phenoxy) is 1. The molecule has 1 saturated heterocycles. The molecule has 1 rings (SSSR count). The van der Waals surface area contributed by atoms with Gasteiger partial charge in [0.1, 0.15) is 0 Å². The number of thiol groups is 1. The van der Waals surface area contributed by atoms with E-state index in [1.165, 1.54) is 0 Å². The van der Waals surface area contributed by atoms with Gasteiger partial charge in [0.15, 0.2) is 0 Å². The summed E-state index contributed by atoms with van der Waals surface area (Å²) < 4.78 is 5.47. The molecule has 1 aliphatic heterocycles. The monoisotopic (exact) mass is 270 g/mol. The summed E-state index contributed by atoms with van der Waals surface area (Å²) in [6, 6.07) is 2.25. The van der Waals surface area contributed by atoms with Gasteiger partial charge in [0.05, 0.1) is 6.07 Å². The van der Waals surface area contributed by atoms with Gasteiger partial charge in [-0.3, -0.25) is 0 Å². The van der Waals surface area contributed by atoms with Crippen LogP contribution >= 0.6 is 12.6 Å². The molecule has 3 nitrogen and oxygen atoms in total. The summed E-state index contributed by atoms with van der Waals surface area (Å²) in [4.78, 5) is 2.44. The minimum absolute atomic E-state index is 0.283. The Labute approximate surface area is 117 Å². The van der Waals surface area contributed by atoms with Crippen LogP contribution in [-0.4, -0.2) is 43.5 Å². The second-order valence-corrected chi connectivity index (χ2v) is 6.12. The van der Waals surface area contributed by atoms with Crippen molar-refractivity contribution in [1.29, 1.82) is 5.26 Å². The van der Waals surface area contributed by atoms with Crippen LogP contribution in [0.1, 0.15) is 33.1 Å². The van der Waals surface area contributed by atoms with E-state index in [4.69, 9.17) is 10.00 Å². The maximum atomic E-state index is 8.76. The quantitative estimate of drug-likeness (QED) is 0.722. The molecule has 0 bridgehead atoms. The van der Waals surface area contributed by atoms with Crippen LogP contribution in [0.3, 0.4) is 0 Å². The molecular weight excluding hydrogens is 244 g/mol. The Morgan fingerprint density at radius 2 is 2.06 bits per heavy atom. The van der Waals surface area contributed by atoms with Crippen LogP contribution in [0.2, 0.25) is 0 Å². The highest BCUT2D eigenvalue weighted by Gasteiger charge is 2.33. The molecule has 18 heavy (non-hydrogen) atoms. The fourth-order valence-corrected chi connectivity index (χ4v) is 3.02. The van der Waals surface area contributed by atoms with E-state index in [-0.39, 0.29) is 5.41 Å². The Kier molecular flexibility index (Phi) is 7.06. The summed E-state index contributed by atoms with van der Waals surface area (Å²) in [7, 11) is 0. The molecule has 4 heteroatoms. The van der Waals surface area contributed by atoms with Crippen molar-refractivity contribution < 1.29 is 4.74 Å². The van der Waals surface area contributed by atoms with Crippen molar-refractivity contribution >= 4 is 12.6 Å². The number of hydrogen-bond donors (Lipinski definition) is 1. The van der Waals surface area contributed by atoms with E-state index < -0.39 is 0 Å². The molecule has 1 heterocycles. The topological polar surface area (TPSA) is 36.3 Å². The largest absolute Gasteiger partial charge is 0.381 e. The lowest BCUT2D eigenvalue weighted by Gasteiger charge is -2.40. The maximum Gasteiger partial charge on any atom is 0.0635 e. The molecule has 0 saturated carbocycles. The molecular formula is C14H26N2OS. The number of rotatable bonds is 7. The van der Waals surface area contributed by atoms with Gasteiger partial charge in [-0.25, -0.2) is 0 Å². The Hall–Kier alpha value is -0.240. The molecule has 0 atom stereocenters. The van der Waals surface area contributed by atoms with Crippen LogP contribution in [0.4, 0.5) is 0 Å². The van der Waals surface area contributed by atoms with Crippen LogP contribution < -0.4 is 0 Å². The van der Waals surface area contributed by atoms with Gasteiger partial charge in [-0.2, -0.15) is 17.9 Å². The minimum Gasteiger partial charge on any atom is -0.381 e. The Morgan fingerprint density at radius 3 is 2.56 bits per heavy atom. The van der Waals surface area contributed by atoms with Crippen LogP contribution in [0.15, 0.2) is 0 Å². The van der Waals surface area contributed by atoms with E-state index in [9.17, 15) is 0 Å². The molecule has 1 fully saturated rings. The van der Waals surface area contributed by atoms with Crippen molar-refractivity contribution in [2.75, 3.05) is 38.6 Å². The molecule has 0 spiro atoms. The lowest BCUT2D eigenvalue weighted by molar-refractivity contribution is 0.00636. The molecule has 0 amide bonds. The predicted octanol–water partition coefficient (Wildman–Crippen LogP) is 2.58. The zero-order valence-corrected chi connectivity index (χ0v) is 12.6. The van der Waals surface area contributed by atoms with E-state index in [0.717, 1.165) is 51.4 Å². The van der Waals surface area contributed by atoms with Gasteiger partial charge in [0, 0.05) is 39.3 Å². The van der Waals surface area contributed by atoms with Crippen molar-refractivity contribution in [3.8, 4) is 6.07 Å². The van der Waals surface area contributed by atoms with Gasteiger partial charge in [0.25, 0.3) is 0 Å². The average molecular weight is 270 g/mol. The molecule has 0 aromatic heterocycles. The highest BCUT2D eigenvalue weighted by molar-refractivity contribution is 7.80. The molecule has 0 aromatic rings. The SMILES string of the molecule is CC(C)CN(CCC#N)CC1(CS)CCOCC1. The second-order valence-electron chi connectivity index (χ2n) is 5.81. The summed E-state index contributed by atoms with van der Waals surface area (Å²) in [5, 5.41) is 8.76. The van der Waals surface area contributed by atoms with Crippen LogP contribution in [0.25, 0.3) is 0 Å². The highest BCUT2D eigenvalue weighted by atomic mass is 32.1. The Bertz CT molecular complexity index is 269. The number of nitriles is 1. The third-order valence-electron chi connectivity index (χ3n) is 3.61. The summed E-state index contributed by atoms with van der Waals surface area (Å²) in [6.07, 6.45) is 2.81. The number of hydrogen-bond acceptors (Lipinski definition) is 4. The van der Waals surface area contributed by atoms with Crippen molar-refractivity contribution in [3.05, 3.63) is 0 Å². The minimum atomic E-state index is 0.283. The third kappa shape index (κ3) is 5.17. The van der Waals surface area contributed by atoms with E-state index >= 15 is 0 Å². The molecule has 0 aromatic carbocycles. The van der Waals surface area contributed by atoms with Gasteiger partial charge in [-0.1, -0.05) is 13.8 Å². The van der Waals surface area contributed by atoms with Gasteiger partial charge in [-0.05, 0) is 29.9 Å². The first-order chi connectivity index (χ1) is 8.62. The fraction of sp³-hybridized carbons (Fsp3) is 0.929. The van der Waals surface area contributed by atoms with Crippen molar-refractivity contribution in [2.45, 2.75) is 33.1 Å². The normalized spacial score (nSPS) is 19.1. The van der Waals surface area contributed by atoms with Gasteiger partial charge in [-0.15, -0.1) is 0 Å². The third-order valence-corrected chi connectivity index (χ3v) is 4.28. The number of nitrogens with zero attached hydrogens (tertiary/aromatic N) is 2. The van der Waals surface area contributed by atoms with Crippen LogP contribution in [0.5, 0.6) is 0 Å². The van der Waals surface area contributed by atoms with Gasteiger partial charge >= 0.3 is 0 Å². The molecule has 0 radical (unpaired) electrons. The van der Waals surface area contributed by atoms with Gasteiger partial charge in [0.2, 0.25) is 0 Å². The second kappa shape index (κ2) is 8.04. The summed E-state index contributed by atoms with van der Waals surface area (Å²) in [6.45, 7) is 9.18. The highest BCUT2D eigenvalue weighted by Crippen LogP contribution is 2.33. The van der Waals surface area contributed by atoms with E-state index in [1.807, 2.05) is 0 Å². The lowest BCUT2D eigenvalue weighted by Crippen LogP contribution is -2.44. The van der Waals surface area contributed by atoms with E-state index in [2.05, 4.69) is 37.4 Å². The van der Waals surface area contributed by atoms with Crippen LogP contribution in [0, 0.1) is 22.7 Å². The lowest BCUT2D eigenvalue weighted by atomic mass is 9.81. The Morgan fingerprint density at radius 1 is 1.39 bits per heavy atom. The first-order valence-corrected chi connectivity index (χ1v) is 7.53. The predicted molar refractivity (Wildman–Crippen MR) is 77.8 cm³/mol. The molecule has 1 aliphatic rings. The van der Waals surface area contributed by atoms with Gasteiger partial charge < -0.3 is 9.64 Å². The molecule has 0 unspecified atom stereocenters. The maximum absolute atomic E-state index is 8.76. The fourth-order valence-electron chi connectivity index (χ4n) is 2.60. The van der Waals surface area contributed by atoms with Crippen LogP contribution in [-0.2, 0) is 4.74 Å². The molecule has 0 N–H and O–H groups in total. The Balaban J connectivity index is 2.58. The molecule has 0 aliphatic carbocycles. The summed E-state index contributed by atoms with van der Waals surface area (Å²) in [5.41, 5.74) is 0.283. The van der Waals surface area contributed by atoms with Crippen molar-refractivity contribution in [3.63, 3.8) is 0 Å². The average Bonchev–Trinajstić information content (AvgIpc) is 2.36. The smallest absolute Gasteiger partial charge is 0.0635 e. The zero-order valence-electron chi connectivity index (χ0n) is 11.7. The molecule has 104 valence electrons. The summed E-state index contributed by atoms with van der Waals surface area (Å²) in [5.74, 6) is 1.55. The first-order valence-electron chi connectivity index (χ1n) is 6.90. The van der Waals surface area contributed by atoms with Crippen molar-refractivity contribution in [2.24, 2.45) is 11.3 Å². The van der Waals surface area contributed by atoms with Crippen molar-refractivity contribution in [1.82, 2.24) is 4.90 Å².